The lowest BCUT2D eigenvalue weighted by Gasteiger charge is -2.05. The summed E-state index contributed by atoms with van der Waals surface area (Å²) in [7, 11) is -3.70. The number of sulfonamides is 1. The molecule has 2 aromatic carbocycles. The minimum Gasteiger partial charge on any atom is -0.382 e. The molecule has 20 heavy (non-hydrogen) atoms. The second-order valence-electron chi connectivity index (χ2n) is 4.27. The van der Waals surface area contributed by atoms with Crippen molar-refractivity contribution in [1.82, 2.24) is 4.83 Å². The molecule has 0 aliphatic carbocycles. The van der Waals surface area contributed by atoms with Crippen molar-refractivity contribution in [3.05, 3.63) is 65.7 Å². The van der Waals surface area contributed by atoms with E-state index < -0.39 is 10.0 Å². The van der Waals surface area contributed by atoms with E-state index in [0.29, 0.717) is 5.56 Å². The van der Waals surface area contributed by atoms with E-state index in [1.807, 2.05) is 13.0 Å². The van der Waals surface area contributed by atoms with E-state index in [-0.39, 0.29) is 10.7 Å². The molecular weight excluding hydrogens is 274 g/mol. The monoisotopic (exact) mass is 289 g/mol. The number of hydrogen-bond acceptors (Lipinski definition) is 3. The summed E-state index contributed by atoms with van der Waals surface area (Å²) in [6.07, 6.45) is 0. The average Bonchev–Trinajstić information content (AvgIpc) is 2.46. The number of amidine groups is 1. The molecule has 5 nitrogen and oxygen atoms in total. The number of rotatable bonds is 4. The van der Waals surface area contributed by atoms with Gasteiger partial charge in [0.2, 0.25) is 0 Å². The molecule has 2 aromatic rings. The van der Waals surface area contributed by atoms with Crippen molar-refractivity contribution in [2.75, 3.05) is 0 Å². The zero-order valence-electron chi connectivity index (χ0n) is 10.9. The van der Waals surface area contributed by atoms with Crippen molar-refractivity contribution in [2.45, 2.75) is 11.8 Å². The van der Waals surface area contributed by atoms with E-state index in [1.54, 1.807) is 36.4 Å². The van der Waals surface area contributed by atoms with Gasteiger partial charge in [0.15, 0.2) is 5.84 Å². The van der Waals surface area contributed by atoms with E-state index in [9.17, 15) is 8.42 Å². The van der Waals surface area contributed by atoms with E-state index in [2.05, 4.69) is 9.93 Å². The highest BCUT2D eigenvalue weighted by molar-refractivity contribution is 7.89. The molecule has 0 amide bonds. The first-order valence-electron chi connectivity index (χ1n) is 5.96. The highest BCUT2D eigenvalue weighted by Crippen LogP contribution is 2.09. The SMILES string of the molecule is Cc1ccc(S(=O)(=O)N/N=C(/N)c2ccccc2)cc1. The van der Waals surface area contributed by atoms with Crippen molar-refractivity contribution < 1.29 is 8.42 Å². The molecule has 0 spiro atoms. The van der Waals surface area contributed by atoms with E-state index >= 15 is 0 Å². The maximum Gasteiger partial charge on any atom is 0.276 e. The molecule has 3 N–H and O–H groups in total. The Morgan fingerprint density at radius 2 is 1.65 bits per heavy atom. The number of hydrazone groups is 1. The van der Waals surface area contributed by atoms with Gasteiger partial charge in [0.05, 0.1) is 4.90 Å². The molecule has 104 valence electrons. The summed E-state index contributed by atoms with van der Waals surface area (Å²) >= 11 is 0. The Labute approximate surface area is 118 Å². The second-order valence-corrected chi connectivity index (χ2v) is 5.93. The zero-order chi connectivity index (χ0) is 14.6. The van der Waals surface area contributed by atoms with Crippen molar-refractivity contribution in [1.29, 1.82) is 0 Å². The number of nitrogens with one attached hydrogen (secondary N) is 1. The van der Waals surface area contributed by atoms with Crippen LogP contribution >= 0.6 is 0 Å². The highest BCUT2D eigenvalue weighted by atomic mass is 32.2. The van der Waals surface area contributed by atoms with Crippen LogP contribution in [0, 0.1) is 6.92 Å². The maximum absolute atomic E-state index is 12.0. The molecule has 0 fully saturated rings. The van der Waals surface area contributed by atoms with Crippen LogP contribution in [-0.4, -0.2) is 14.3 Å². The minimum absolute atomic E-state index is 0.112. The van der Waals surface area contributed by atoms with Gasteiger partial charge in [0, 0.05) is 5.56 Å². The van der Waals surface area contributed by atoms with Crippen LogP contribution in [0.15, 0.2) is 64.6 Å². The van der Waals surface area contributed by atoms with Crippen LogP contribution in [-0.2, 0) is 10.0 Å². The topological polar surface area (TPSA) is 84.5 Å². The van der Waals surface area contributed by atoms with Gasteiger partial charge in [-0.25, -0.2) is 0 Å². The summed E-state index contributed by atoms with van der Waals surface area (Å²) in [5.74, 6) is 0.112. The van der Waals surface area contributed by atoms with Gasteiger partial charge in [-0.2, -0.15) is 13.2 Å². The van der Waals surface area contributed by atoms with Crippen molar-refractivity contribution in [3.63, 3.8) is 0 Å². The van der Waals surface area contributed by atoms with Gasteiger partial charge >= 0.3 is 0 Å². The summed E-state index contributed by atoms with van der Waals surface area (Å²) in [5, 5.41) is 3.72. The zero-order valence-corrected chi connectivity index (χ0v) is 11.8. The molecule has 0 heterocycles. The standard InChI is InChI=1S/C14H15N3O2S/c1-11-7-9-13(10-8-11)20(18,19)17-16-14(15)12-5-3-2-4-6-12/h2-10,17H,1H3,(H2,15,16). The van der Waals surface area contributed by atoms with Gasteiger partial charge in [0.1, 0.15) is 0 Å². The lowest BCUT2D eigenvalue weighted by Crippen LogP contribution is -2.24. The lowest BCUT2D eigenvalue weighted by atomic mass is 10.2. The molecule has 0 atom stereocenters. The van der Waals surface area contributed by atoms with Gasteiger partial charge in [0.25, 0.3) is 10.0 Å². The predicted octanol–water partition coefficient (Wildman–Crippen LogP) is 1.59. The number of hydrogen-bond donors (Lipinski definition) is 2. The molecular formula is C14H15N3O2S. The molecule has 0 unspecified atom stereocenters. The van der Waals surface area contributed by atoms with Crippen LogP contribution < -0.4 is 10.6 Å². The number of nitrogens with zero attached hydrogens (tertiary/aromatic N) is 1. The maximum atomic E-state index is 12.0. The Morgan fingerprint density at radius 3 is 2.25 bits per heavy atom. The molecule has 0 saturated carbocycles. The third-order valence-electron chi connectivity index (χ3n) is 2.69. The van der Waals surface area contributed by atoms with Crippen LogP contribution in [0.3, 0.4) is 0 Å². The number of benzene rings is 2. The van der Waals surface area contributed by atoms with Gasteiger partial charge in [-0.15, -0.1) is 5.10 Å². The molecule has 0 saturated heterocycles. The van der Waals surface area contributed by atoms with Gasteiger partial charge in [-0.05, 0) is 19.1 Å². The van der Waals surface area contributed by atoms with E-state index in [4.69, 9.17) is 5.73 Å². The molecule has 0 aliphatic rings. The summed E-state index contributed by atoms with van der Waals surface area (Å²) in [6.45, 7) is 1.88. The van der Waals surface area contributed by atoms with E-state index in [1.165, 1.54) is 12.1 Å². The van der Waals surface area contributed by atoms with E-state index in [0.717, 1.165) is 5.56 Å². The summed E-state index contributed by atoms with van der Waals surface area (Å²) in [5.41, 5.74) is 7.36. The Kier molecular flexibility index (Phi) is 4.05. The number of nitrogens with two attached hydrogens (primary N) is 1. The Hall–Kier alpha value is -2.34. The first-order chi connectivity index (χ1) is 9.49. The molecule has 0 bridgehead atoms. The normalized spacial score (nSPS) is 12.2. The van der Waals surface area contributed by atoms with Crippen LogP contribution in [0.2, 0.25) is 0 Å². The Morgan fingerprint density at radius 1 is 1.05 bits per heavy atom. The third-order valence-corrected chi connectivity index (χ3v) is 3.91. The average molecular weight is 289 g/mol. The van der Waals surface area contributed by atoms with Gasteiger partial charge in [-0.1, -0.05) is 48.0 Å². The van der Waals surface area contributed by atoms with Crippen LogP contribution in [0.5, 0.6) is 0 Å². The fraction of sp³-hybridized carbons (Fsp3) is 0.0714. The third kappa shape index (κ3) is 3.36. The first-order valence-corrected chi connectivity index (χ1v) is 7.44. The molecule has 0 aliphatic heterocycles. The molecule has 0 aromatic heterocycles. The quantitative estimate of drug-likeness (QED) is 0.509. The second kappa shape index (κ2) is 5.75. The molecule has 2 rings (SSSR count). The number of aryl methyl sites for hydroxylation is 1. The summed E-state index contributed by atoms with van der Waals surface area (Å²) in [6, 6.07) is 15.4. The largest absolute Gasteiger partial charge is 0.382 e. The van der Waals surface area contributed by atoms with Crippen molar-refractivity contribution >= 4 is 15.9 Å². The Bertz CT molecular complexity index is 708. The predicted molar refractivity (Wildman–Crippen MR) is 78.7 cm³/mol. The van der Waals surface area contributed by atoms with Crippen LogP contribution in [0.1, 0.15) is 11.1 Å². The summed E-state index contributed by atoms with van der Waals surface area (Å²) < 4.78 is 24.0. The summed E-state index contributed by atoms with van der Waals surface area (Å²) in [4.78, 5) is 2.27. The molecule has 0 radical (unpaired) electrons. The Balaban J connectivity index is 2.19. The smallest absolute Gasteiger partial charge is 0.276 e. The van der Waals surface area contributed by atoms with Crippen molar-refractivity contribution in [3.8, 4) is 0 Å². The fourth-order valence-corrected chi connectivity index (χ4v) is 2.37. The first kappa shape index (κ1) is 14.1. The van der Waals surface area contributed by atoms with Crippen molar-refractivity contribution in [2.24, 2.45) is 10.8 Å². The van der Waals surface area contributed by atoms with Gasteiger partial charge in [-0.3, -0.25) is 0 Å². The van der Waals surface area contributed by atoms with Crippen LogP contribution in [0.25, 0.3) is 0 Å². The molecule has 6 heteroatoms. The minimum atomic E-state index is -3.70. The van der Waals surface area contributed by atoms with Crippen LogP contribution in [0.4, 0.5) is 0 Å². The lowest BCUT2D eigenvalue weighted by molar-refractivity contribution is 0.584. The van der Waals surface area contributed by atoms with Gasteiger partial charge < -0.3 is 5.73 Å². The fourth-order valence-electron chi connectivity index (χ4n) is 1.55. The highest BCUT2D eigenvalue weighted by Gasteiger charge is 2.12.